The van der Waals surface area contributed by atoms with Crippen LogP contribution in [-0.4, -0.2) is 29.9 Å². The zero-order chi connectivity index (χ0) is 18.1. The molecule has 0 radical (unpaired) electrons. The van der Waals surface area contributed by atoms with Gasteiger partial charge in [-0.05, 0) is 43.5 Å². The van der Waals surface area contributed by atoms with E-state index in [2.05, 4.69) is 36.2 Å². The second-order valence-electron chi connectivity index (χ2n) is 6.53. The standard InChI is InChI=1S/C21H27FN2O/c1-17(2)24(16-19-6-4-3-5-7-19)15-13-21(25)23-14-12-18-8-10-20(22)11-9-18/h3-11,17H,12-16H2,1-2H3,(H,23,25). The van der Waals surface area contributed by atoms with Crippen LogP contribution in [0.15, 0.2) is 54.6 Å². The van der Waals surface area contributed by atoms with E-state index in [1.54, 1.807) is 12.1 Å². The van der Waals surface area contributed by atoms with Crippen LogP contribution in [0, 0.1) is 5.82 Å². The summed E-state index contributed by atoms with van der Waals surface area (Å²) in [5.74, 6) is -0.180. The molecule has 2 aromatic rings. The van der Waals surface area contributed by atoms with Gasteiger partial charge in [-0.2, -0.15) is 0 Å². The van der Waals surface area contributed by atoms with Crippen molar-refractivity contribution in [2.45, 2.75) is 39.3 Å². The Balaban J connectivity index is 1.72. The highest BCUT2D eigenvalue weighted by Crippen LogP contribution is 2.09. The predicted octanol–water partition coefficient (Wildman–Crippen LogP) is 3.79. The van der Waals surface area contributed by atoms with E-state index in [0.29, 0.717) is 25.4 Å². The topological polar surface area (TPSA) is 32.3 Å². The van der Waals surface area contributed by atoms with E-state index in [0.717, 1.165) is 18.7 Å². The molecule has 0 bridgehead atoms. The molecule has 0 saturated heterocycles. The second kappa shape index (κ2) is 9.94. The van der Waals surface area contributed by atoms with Gasteiger partial charge in [-0.1, -0.05) is 42.5 Å². The minimum absolute atomic E-state index is 0.0563. The first kappa shape index (κ1) is 19.1. The molecule has 0 aromatic heterocycles. The Kier molecular flexibility index (Phi) is 7.61. The first-order chi connectivity index (χ1) is 12.0. The normalized spacial score (nSPS) is 11.1. The highest BCUT2D eigenvalue weighted by Gasteiger charge is 2.12. The Morgan fingerprint density at radius 2 is 1.72 bits per heavy atom. The van der Waals surface area contributed by atoms with Crippen LogP contribution in [-0.2, 0) is 17.8 Å². The van der Waals surface area contributed by atoms with Gasteiger partial charge in [-0.15, -0.1) is 0 Å². The van der Waals surface area contributed by atoms with Gasteiger partial charge in [0.25, 0.3) is 0 Å². The molecule has 0 spiro atoms. The van der Waals surface area contributed by atoms with E-state index in [9.17, 15) is 9.18 Å². The molecule has 0 heterocycles. The van der Waals surface area contributed by atoms with Crippen LogP contribution < -0.4 is 5.32 Å². The van der Waals surface area contributed by atoms with E-state index in [1.807, 2.05) is 18.2 Å². The third kappa shape index (κ3) is 7.06. The van der Waals surface area contributed by atoms with Crippen LogP contribution in [0.25, 0.3) is 0 Å². The van der Waals surface area contributed by atoms with Gasteiger partial charge >= 0.3 is 0 Å². The Labute approximate surface area is 149 Å². The summed E-state index contributed by atoms with van der Waals surface area (Å²) in [6.07, 6.45) is 1.19. The van der Waals surface area contributed by atoms with Crippen molar-refractivity contribution in [2.75, 3.05) is 13.1 Å². The fourth-order valence-electron chi connectivity index (χ4n) is 2.67. The van der Waals surface area contributed by atoms with Gasteiger partial charge in [0.2, 0.25) is 5.91 Å². The van der Waals surface area contributed by atoms with Gasteiger partial charge in [0, 0.05) is 32.1 Å². The average molecular weight is 342 g/mol. The number of amides is 1. The molecule has 0 aliphatic carbocycles. The minimum Gasteiger partial charge on any atom is -0.356 e. The second-order valence-corrected chi connectivity index (χ2v) is 6.53. The largest absolute Gasteiger partial charge is 0.356 e. The third-order valence-corrected chi connectivity index (χ3v) is 4.23. The lowest BCUT2D eigenvalue weighted by molar-refractivity contribution is -0.121. The van der Waals surface area contributed by atoms with Gasteiger partial charge in [0.15, 0.2) is 0 Å². The highest BCUT2D eigenvalue weighted by molar-refractivity contribution is 5.76. The van der Waals surface area contributed by atoms with Crippen LogP contribution in [0.5, 0.6) is 0 Å². The number of rotatable bonds is 9. The first-order valence-electron chi connectivity index (χ1n) is 8.83. The lowest BCUT2D eigenvalue weighted by atomic mass is 10.1. The molecule has 1 amide bonds. The smallest absolute Gasteiger partial charge is 0.221 e. The van der Waals surface area contributed by atoms with Crippen LogP contribution >= 0.6 is 0 Å². The predicted molar refractivity (Wildman–Crippen MR) is 99.7 cm³/mol. The Bertz CT molecular complexity index is 641. The van der Waals surface area contributed by atoms with Gasteiger partial charge in [-0.25, -0.2) is 4.39 Å². The fraction of sp³-hybridized carbons (Fsp3) is 0.381. The van der Waals surface area contributed by atoms with E-state index in [1.165, 1.54) is 17.7 Å². The van der Waals surface area contributed by atoms with Gasteiger partial charge < -0.3 is 5.32 Å². The molecule has 0 atom stereocenters. The number of hydrogen-bond donors (Lipinski definition) is 1. The van der Waals surface area contributed by atoms with Gasteiger partial charge in [-0.3, -0.25) is 9.69 Å². The van der Waals surface area contributed by atoms with Crippen molar-refractivity contribution in [1.29, 1.82) is 0 Å². The zero-order valence-electron chi connectivity index (χ0n) is 15.0. The Hall–Kier alpha value is -2.20. The number of carbonyl (C=O) groups excluding carboxylic acids is 1. The highest BCUT2D eigenvalue weighted by atomic mass is 19.1. The molecule has 4 heteroatoms. The van der Waals surface area contributed by atoms with Crippen molar-refractivity contribution in [3.63, 3.8) is 0 Å². The van der Waals surface area contributed by atoms with Crippen molar-refractivity contribution >= 4 is 5.91 Å². The summed E-state index contributed by atoms with van der Waals surface area (Å²) >= 11 is 0. The van der Waals surface area contributed by atoms with Crippen molar-refractivity contribution in [3.8, 4) is 0 Å². The molecule has 25 heavy (non-hydrogen) atoms. The molecule has 0 aliphatic heterocycles. The summed E-state index contributed by atoms with van der Waals surface area (Å²) in [5, 5.41) is 2.94. The van der Waals surface area contributed by atoms with Crippen molar-refractivity contribution in [3.05, 3.63) is 71.5 Å². The van der Waals surface area contributed by atoms with Crippen LogP contribution in [0.2, 0.25) is 0 Å². The number of benzene rings is 2. The van der Waals surface area contributed by atoms with E-state index < -0.39 is 0 Å². The summed E-state index contributed by atoms with van der Waals surface area (Å²) in [7, 11) is 0. The van der Waals surface area contributed by atoms with Crippen molar-refractivity contribution in [2.24, 2.45) is 0 Å². The lowest BCUT2D eigenvalue weighted by Gasteiger charge is -2.26. The number of carbonyl (C=O) groups is 1. The fourth-order valence-corrected chi connectivity index (χ4v) is 2.67. The van der Waals surface area contributed by atoms with Gasteiger partial charge in [0.1, 0.15) is 5.82 Å². The molecule has 0 unspecified atom stereocenters. The molecule has 2 aromatic carbocycles. The molecular formula is C21H27FN2O. The zero-order valence-corrected chi connectivity index (χ0v) is 15.0. The number of nitrogens with one attached hydrogen (secondary N) is 1. The van der Waals surface area contributed by atoms with Gasteiger partial charge in [0.05, 0.1) is 0 Å². The third-order valence-electron chi connectivity index (χ3n) is 4.23. The van der Waals surface area contributed by atoms with E-state index >= 15 is 0 Å². The molecular weight excluding hydrogens is 315 g/mol. The molecule has 2 rings (SSSR count). The molecule has 0 fully saturated rings. The Morgan fingerprint density at radius 1 is 1.04 bits per heavy atom. The maximum absolute atomic E-state index is 12.9. The van der Waals surface area contributed by atoms with E-state index in [4.69, 9.17) is 0 Å². The maximum atomic E-state index is 12.9. The summed E-state index contributed by atoms with van der Waals surface area (Å²) in [6, 6.07) is 17.1. The molecule has 0 saturated carbocycles. The summed E-state index contributed by atoms with van der Waals surface area (Å²) in [6.45, 7) is 6.45. The van der Waals surface area contributed by atoms with Crippen molar-refractivity contribution < 1.29 is 9.18 Å². The molecule has 1 N–H and O–H groups in total. The summed E-state index contributed by atoms with van der Waals surface area (Å²) in [4.78, 5) is 14.4. The van der Waals surface area contributed by atoms with Crippen molar-refractivity contribution in [1.82, 2.24) is 10.2 Å². The number of hydrogen-bond acceptors (Lipinski definition) is 2. The minimum atomic E-state index is -0.236. The molecule has 134 valence electrons. The SMILES string of the molecule is CC(C)N(CCC(=O)NCCc1ccc(F)cc1)Cc1ccccc1. The quantitative estimate of drug-likeness (QED) is 0.752. The Morgan fingerprint density at radius 3 is 2.36 bits per heavy atom. The summed E-state index contributed by atoms with van der Waals surface area (Å²) in [5.41, 5.74) is 2.28. The lowest BCUT2D eigenvalue weighted by Crippen LogP contribution is -2.35. The molecule has 3 nitrogen and oxygen atoms in total. The first-order valence-corrected chi connectivity index (χ1v) is 8.83. The monoisotopic (exact) mass is 342 g/mol. The van der Waals surface area contributed by atoms with Crippen LogP contribution in [0.4, 0.5) is 4.39 Å². The number of halogens is 1. The maximum Gasteiger partial charge on any atom is 0.221 e. The average Bonchev–Trinajstić information content (AvgIpc) is 2.61. The molecule has 0 aliphatic rings. The summed E-state index contributed by atoms with van der Waals surface area (Å²) < 4.78 is 12.9. The van der Waals surface area contributed by atoms with E-state index in [-0.39, 0.29) is 11.7 Å². The van der Waals surface area contributed by atoms with Crippen LogP contribution in [0.3, 0.4) is 0 Å². The number of nitrogens with zero attached hydrogens (tertiary/aromatic N) is 1. The van der Waals surface area contributed by atoms with Crippen LogP contribution in [0.1, 0.15) is 31.4 Å².